The van der Waals surface area contributed by atoms with Crippen LogP contribution in [0.15, 0.2) is 4.99 Å². The number of aliphatic imine (C=N–C) groups is 1. The molecule has 2 heteroatoms. The van der Waals surface area contributed by atoms with Gasteiger partial charge in [-0.05, 0) is 6.92 Å². The smallest absolute Gasteiger partial charge is 0.128 e. The zero-order valence-corrected chi connectivity index (χ0v) is 5.29. The Morgan fingerprint density at radius 3 is 2.75 bits per heavy atom. The van der Waals surface area contributed by atoms with Crippen LogP contribution in [0.1, 0.15) is 13.8 Å². The molecule has 0 aliphatic carbocycles. The summed E-state index contributed by atoms with van der Waals surface area (Å²) in [6.07, 6.45) is 2.53. The Bertz CT molecular complexity index is 88.5. The van der Waals surface area contributed by atoms with E-state index >= 15 is 0 Å². The summed E-state index contributed by atoms with van der Waals surface area (Å²) in [6.45, 7) is 4.51. The topological polar surface area (TPSA) is 29.4 Å². The zero-order chi connectivity index (χ0) is 6.41. The van der Waals surface area contributed by atoms with Gasteiger partial charge in [0.25, 0.3) is 0 Å². The molecule has 0 heterocycles. The average molecular weight is 113 g/mol. The highest BCUT2D eigenvalue weighted by Gasteiger charge is 1.88. The van der Waals surface area contributed by atoms with E-state index in [0.29, 0.717) is 0 Å². The van der Waals surface area contributed by atoms with Gasteiger partial charge in [0.2, 0.25) is 0 Å². The van der Waals surface area contributed by atoms with Crippen LogP contribution >= 0.6 is 0 Å². The van der Waals surface area contributed by atoms with Crippen LogP contribution in [-0.4, -0.2) is 19.0 Å². The monoisotopic (exact) mass is 113 g/mol. The van der Waals surface area contributed by atoms with Crippen molar-refractivity contribution in [3.8, 4) is 0 Å². The van der Waals surface area contributed by atoms with Crippen LogP contribution in [0.3, 0.4) is 0 Å². The van der Waals surface area contributed by atoms with Gasteiger partial charge >= 0.3 is 0 Å². The van der Waals surface area contributed by atoms with E-state index in [1.54, 1.807) is 6.21 Å². The second kappa shape index (κ2) is 4.50. The maximum atomic E-state index is 9.92. The summed E-state index contributed by atoms with van der Waals surface area (Å²) in [7, 11) is 0. The van der Waals surface area contributed by atoms with Gasteiger partial charge < -0.3 is 4.79 Å². The van der Waals surface area contributed by atoms with Crippen molar-refractivity contribution in [2.24, 2.45) is 10.9 Å². The lowest BCUT2D eigenvalue weighted by Crippen LogP contribution is -1.95. The molecule has 2 nitrogen and oxygen atoms in total. The summed E-state index contributed by atoms with van der Waals surface area (Å²) in [5.74, 6) is -0.0186. The molecule has 0 radical (unpaired) electrons. The van der Waals surface area contributed by atoms with Gasteiger partial charge in [-0.3, -0.25) is 4.99 Å². The predicted octanol–water partition coefficient (Wildman–Crippen LogP) is 0.912. The van der Waals surface area contributed by atoms with Gasteiger partial charge in [-0.15, -0.1) is 0 Å². The first-order chi connectivity index (χ1) is 3.81. The van der Waals surface area contributed by atoms with E-state index in [1.807, 2.05) is 13.8 Å². The van der Waals surface area contributed by atoms with Crippen molar-refractivity contribution in [1.82, 2.24) is 0 Å². The fourth-order valence-corrected chi connectivity index (χ4v) is 0.307. The van der Waals surface area contributed by atoms with Crippen LogP contribution in [0.5, 0.6) is 0 Å². The Balaban J connectivity index is 3.35. The van der Waals surface area contributed by atoms with E-state index in [1.165, 1.54) is 0 Å². The van der Waals surface area contributed by atoms with Crippen LogP contribution in [0, 0.1) is 5.92 Å². The zero-order valence-electron chi connectivity index (χ0n) is 5.29. The summed E-state index contributed by atoms with van der Waals surface area (Å²) in [5.41, 5.74) is 0. The minimum atomic E-state index is -0.0186. The van der Waals surface area contributed by atoms with Gasteiger partial charge in [0.15, 0.2) is 0 Å². The third kappa shape index (κ3) is 3.53. The summed E-state index contributed by atoms with van der Waals surface area (Å²) >= 11 is 0. The Labute approximate surface area is 49.6 Å². The van der Waals surface area contributed by atoms with Gasteiger partial charge in [-0.25, -0.2) is 0 Å². The van der Waals surface area contributed by atoms with E-state index in [2.05, 4.69) is 4.99 Å². The maximum absolute atomic E-state index is 9.92. The first kappa shape index (κ1) is 7.34. The summed E-state index contributed by atoms with van der Waals surface area (Å²) in [4.78, 5) is 13.8. The number of hydrogen-bond donors (Lipinski definition) is 0. The molecule has 0 aliphatic rings. The van der Waals surface area contributed by atoms with Crippen molar-refractivity contribution in [2.45, 2.75) is 13.8 Å². The second-order valence-electron chi connectivity index (χ2n) is 1.64. The van der Waals surface area contributed by atoms with Crippen molar-refractivity contribution in [3.05, 3.63) is 0 Å². The van der Waals surface area contributed by atoms with Crippen LogP contribution < -0.4 is 0 Å². The average Bonchev–Trinajstić information content (AvgIpc) is 1.83. The lowest BCUT2D eigenvalue weighted by atomic mass is 10.2. The molecule has 0 rings (SSSR count). The SMILES string of the molecule is CCN=CC(C)C=O. The first-order valence-corrected chi connectivity index (χ1v) is 2.76. The Morgan fingerprint density at radius 1 is 1.75 bits per heavy atom. The van der Waals surface area contributed by atoms with Gasteiger partial charge in [-0.1, -0.05) is 6.92 Å². The third-order valence-corrected chi connectivity index (χ3v) is 0.738. The van der Waals surface area contributed by atoms with Gasteiger partial charge in [0, 0.05) is 18.7 Å². The Morgan fingerprint density at radius 2 is 2.38 bits per heavy atom. The van der Waals surface area contributed by atoms with Crippen molar-refractivity contribution < 1.29 is 4.79 Å². The normalized spacial score (nSPS) is 14.2. The maximum Gasteiger partial charge on any atom is 0.128 e. The minimum absolute atomic E-state index is 0.0186. The molecule has 1 atom stereocenters. The number of carbonyl (C=O) groups excluding carboxylic acids is 1. The van der Waals surface area contributed by atoms with E-state index in [9.17, 15) is 4.79 Å². The highest BCUT2D eigenvalue weighted by atomic mass is 16.1. The fourth-order valence-electron chi connectivity index (χ4n) is 0.307. The number of nitrogens with zero attached hydrogens (tertiary/aromatic N) is 1. The van der Waals surface area contributed by atoms with Crippen LogP contribution in [-0.2, 0) is 4.79 Å². The van der Waals surface area contributed by atoms with Gasteiger partial charge in [0.1, 0.15) is 6.29 Å². The quantitative estimate of drug-likeness (QED) is 0.395. The van der Waals surface area contributed by atoms with Crippen LogP contribution in [0.4, 0.5) is 0 Å². The molecular weight excluding hydrogens is 102 g/mol. The molecule has 0 aromatic rings. The molecule has 0 aromatic heterocycles. The van der Waals surface area contributed by atoms with Crippen molar-refractivity contribution in [1.29, 1.82) is 0 Å². The van der Waals surface area contributed by atoms with Gasteiger partial charge in [-0.2, -0.15) is 0 Å². The second-order valence-corrected chi connectivity index (χ2v) is 1.64. The number of hydrogen-bond acceptors (Lipinski definition) is 2. The van der Waals surface area contributed by atoms with E-state index in [0.717, 1.165) is 12.8 Å². The van der Waals surface area contributed by atoms with E-state index < -0.39 is 0 Å². The molecule has 0 spiro atoms. The Hall–Kier alpha value is -0.660. The number of carbonyl (C=O) groups is 1. The highest BCUT2D eigenvalue weighted by molar-refractivity contribution is 5.79. The fraction of sp³-hybridized carbons (Fsp3) is 0.667. The predicted molar refractivity (Wildman–Crippen MR) is 34.3 cm³/mol. The molecule has 8 heavy (non-hydrogen) atoms. The number of aldehydes is 1. The largest absolute Gasteiger partial charge is 0.303 e. The molecule has 0 saturated carbocycles. The standard InChI is InChI=1S/C6H11NO/c1-3-7-4-6(2)5-8/h4-6H,3H2,1-2H3. The van der Waals surface area contributed by atoms with Gasteiger partial charge in [0.05, 0.1) is 0 Å². The van der Waals surface area contributed by atoms with Crippen molar-refractivity contribution in [2.75, 3.05) is 6.54 Å². The summed E-state index contributed by atoms with van der Waals surface area (Å²) in [5, 5.41) is 0. The van der Waals surface area contributed by atoms with Crippen LogP contribution in [0.25, 0.3) is 0 Å². The molecule has 0 bridgehead atoms. The molecule has 46 valence electrons. The summed E-state index contributed by atoms with van der Waals surface area (Å²) < 4.78 is 0. The third-order valence-electron chi connectivity index (χ3n) is 0.738. The highest BCUT2D eigenvalue weighted by Crippen LogP contribution is 1.81. The number of rotatable bonds is 3. The minimum Gasteiger partial charge on any atom is -0.303 e. The van der Waals surface area contributed by atoms with E-state index in [4.69, 9.17) is 0 Å². The Kier molecular flexibility index (Phi) is 4.13. The van der Waals surface area contributed by atoms with E-state index in [-0.39, 0.29) is 5.92 Å². The lowest BCUT2D eigenvalue weighted by molar-refractivity contribution is -0.109. The molecule has 0 fully saturated rings. The van der Waals surface area contributed by atoms with Crippen molar-refractivity contribution in [3.63, 3.8) is 0 Å². The lowest BCUT2D eigenvalue weighted by Gasteiger charge is -1.87. The molecule has 0 aromatic carbocycles. The molecule has 0 N–H and O–H groups in total. The molecular formula is C6H11NO. The first-order valence-electron chi connectivity index (χ1n) is 2.76. The molecule has 0 aliphatic heterocycles. The summed E-state index contributed by atoms with van der Waals surface area (Å²) in [6, 6.07) is 0. The van der Waals surface area contributed by atoms with Crippen molar-refractivity contribution >= 4 is 12.5 Å². The molecule has 0 amide bonds. The molecule has 1 unspecified atom stereocenters. The molecule has 0 saturated heterocycles. The van der Waals surface area contributed by atoms with Crippen LogP contribution in [0.2, 0.25) is 0 Å².